The Bertz CT molecular complexity index is 413. The normalized spacial score (nSPS) is 30.6. The van der Waals surface area contributed by atoms with Crippen molar-refractivity contribution < 1.29 is 4.39 Å². The van der Waals surface area contributed by atoms with Crippen LogP contribution in [0.5, 0.6) is 0 Å². The highest BCUT2D eigenvalue weighted by Crippen LogP contribution is 2.25. The van der Waals surface area contributed by atoms with E-state index in [2.05, 4.69) is 20.4 Å². The van der Waals surface area contributed by atoms with E-state index in [4.69, 9.17) is 0 Å². The number of thioether (sulfide) groups is 1. The van der Waals surface area contributed by atoms with Crippen molar-refractivity contribution in [3.05, 3.63) is 18.3 Å². The maximum Gasteiger partial charge on any atom is 0.151 e. The number of hydrogen-bond acceptors (Lipinski definition) is 5. The third-order valence-electron chi connectivity index (χ3n) is 4.02. The van der Waals surface area contributed by atoms with Gasteiger partial charge in [-0.2, -0.15) is 16.9 Å². The average Bonchev–Trinajstić information content (AvgIpc) is 2.88. The van der Waals surface area contributed by atoms with Gasteiger partial charge in [0.1, 0.15) is 6.17 Å². The zero-order chi connectivity index (χ0) is 13.8. The number of anilines is 1. The smallest absolute Gasteiger partial charge is 0.151 e. The number of hydrogen-bond donors (Lipinski definition) is 1. The molecule has 1 N–H and O–H groups in total. The van der Waals surface area contributed by atoms with E-state index in [9.17, 15) is 4.39 Å². The topological polar surface area (TPSA) is 41.0 Å². The van der Waals surface area contributed by atoms with E-state index in [0.29, 0.717) is 19.0 Å². The van der Waals surface area contributed by atoms with E-state index in [1.807, 2.05) is 23.9 Å². The van der Waals surface area contributed by atoms with E-state index in [1.165, 1.54) is 24.3 Å². The number of alkyl halides is 1. The van der Waals surface area contributed by atoms with E-state index < -0.39 is 6.17 Å². The van der Waals surface area contributed by atoms with Gasteiger partial charge in [-0.1, -0.05) is 0 Å². The van der Waals surface area contributed by atoms with Crippen molar-refractivity contribution in [2.24, 2.45) is 0 Å². The second-order valence-corrected chi connectivity index (χ2v) is 6.69. The Labute approximate surface area is 123 Å². The van der Waals surface area contributed by atoms with E-state index in [-0.39, 0.29) is 6.04 Å². The van der Waals surface area contributed by atoms with Crippen LogP contribution in [0.3, 0.4) is 0 Å². The number of rotatable bonds is 4. The predicted molar refractivity (Wildman–Crippen MR) is 81.0 cm³/mol. The molecule has 2 aliphatic rings. The van der Waals surface area contributed by atoms with Gasteiger partial charge >= 0.3 is 0 Å². The molecular weight excluding hydrogens is 275 g/mol. The van der Waals surface area contributed by atoms with Crippen molar-refractivity contribution in [2.75, 3.05) is 29.5 Å². The minimum absolute atomic E-state index is 0.189. The Kier molecular flexibility index (Phi) is 4.73. The molecule has 0 spiro atoms. The molecule has 0 unspecified atom stereocenters. The fourth-order valence-electron chi connectivity index (χ4n) is 2.98. The fourth-order valence-corrected chi connectivity index (χ4v) is 4.09. The summed E-state index contributed by atoms with van der Waals surface area (Å²) in [4.78, 5) is 2.06. The van der Waals surface area contributed by atoms with Crippen LogP contribution in [0.2, 0.25) is 0 Å². The number of nitrogens with zero attached hydrogens (tertiary/aromatic N) is 3. The number of aromatic nitrogens is 2. The van der Waals surface area contributed by atoms with Crippen LogP contribution in [-0.4, -0.2) is 53.0 Å². The van der Waals surface area contributed by atoms with Crippen molar-refractivity contribution >= 4 is 17.6 Å². The zero-order valence-electron chi connectivity index (χ0n) is 11.5. The van der Waals surface area contributed by atoms with E-state index in [1.54, 1.807) is 6.20 Å². The van der Waals surface area contributed by atoms with Gasteiger partial charge in [0.15, 0.2) is 5.82 Å². The van der Waals surface area contributed by atoms with E-state index >= 15 is 0 Å². The molecule has 1 aromatic rings. The molecular formula is C14H21FN4S. The molecule has 20 heavy (non-hydrogen) atoms. The number of nitrogens with one attached hydrogen (secondary N) is 1. The molecule has 6 heteroatoms. The van der Waals surface area contributed by atoms with Gasteiger partial charge in [-0.3, -0.25) is 0 Å². The van der Waals surface area contributed by atoms with Crippen molar-refractivity contribution in [1.82, 2.24) is 15.5 Å². The van der Waals surface area contributed by atoms with Gasteiger partial charge < -0.3 is 10.2 Å². The monoisotopic (exact) mass is 296 g/mol. The van der Waals surface area contributed by atoms with Crippen LogP contribution < -0.4 is 10.2 Å². The third kappa shape index (κ3) is 3.41. The SMILES string of the molecule is F[C@H]1C[C@@H](CN[C@H]2CCCSC2)N(c2cccnn2)C1. The fraction of sp³-hybridized carbons (Fsp3) is 0.714. The van der Waals surface area contributed by atoms with Crippen molar-refractivity contribution in [3.8, 4) is 0 Å². The molecule has 3 rings (SSSR count). The van der Waals surface area contributed by atoms with Crippen molar-refractivity contribution in [3.63, 3.8) is 0 Å². The van der Waals surface area contributed by atoms with Crippen LogP contribution >= 0.6 is 11.8 Å². The molecule has 2 aliphatic heterocycles. The summed E-state index contributed by atoms with van der Waals surface area (Å²) >= 11 is 2.01. The Balaban J connectivity index is 1.59. The van der Waals surface area contributed by atoms with Gasteiger partial charge in [-0.05, 0) is 30.7 Å². The highest BCUT2D eigenvalue weighted by Gasteiger charge is 2.33. The Morgan fingerprint density at radius 3 is 3.20 bits per heavy atom. The Morgan fingerprint density at radius 1 is 1.50 bits per heavy atom. The van der Waals surface area contributed by atoms with Crippen molar-refractivity contribution in [2.45, 2.75) is 37.5 Å². The summed E-state index contributed by atoms with van der Waals surface area (Å²) in [5, 5.41) is 11.6. The molecule has 3 heterocycles. The van der Waals surface area contributed by atoms with Gasteiger partial charge in [0.25, 0.3) is 0 Å². The molecule has 0 aliphatic carbocycles. The minimum atomic E-state index is -0.760. The summed E-state index contributed by atoms with van der Waals surface area (Å²) < 4.78 is 13.8. The summed E-state index contributed by atoms with van der Waals surface area (Å²) in [6.07, 6.45) is 4.00. The van der Waals surface area contributed by atoms with Crippen molar-refractivity contribution in [1.29, 1.82) is 0 Å². The molecule has 4 nitrogen and oxygen atoms in total. The highest BCUT2D eigenvalue weighted by molar-refractivity contribution is 7.99. The molecule has 2 saturated heterocycles. The average molecular weight is 296 g/mol. The highest BCUT2D eigenvalue weighted by atomic mass is 32.2. The lowest BCUT2D eigenvalue weighted by molar-refractivity contribution is 0.352. The Morgan fingerprint density at radius 2 is 2.45 bits per heavy atom. The van der Waals surface area contributed by atoms with Gasteiger partial charge in [-0.25, -0.2) is 4.39 Å². The summed E-state index contributed by atoms with van der Waals surface area (Å²) in [6, 6.07) is 4.54. The molecule has 0 bridgehead atoms. The van der Waals surface area contributed by atoms with Crippen LogP contribution in [-0.2, 0) is 0 Å². The summed E-state index contributed by atoms with van der Waals surface area (Å²) in [6.45, 7) is 1.27. The van der Waals surface area contributed by atoms with Gasteiger partial charge in [0, 0.05) is 37.0 Å². The maximum atomic E-state index is 13.8. The summed E-state index contributed by atoms with van der Waals surface area (Å²) in [7, 11) is 0. The van der Waals surface area contributed by atoms with Gasteiger partial charge in [0.05, 0.1) is 6.54 Å². The van der Waals surface area contributed by atoms with E-state index in [0.717, 1.165) is 12.4 Å². The lowest BCUT2D eigenvalue weighted by atomic mass is 10.1. The molecule has 0 radical (unpaired) electrons. The first-order valence-electron chi connectivity index (χ1n) is 7.32. The minimum Gasteiger partial charge on any atom is -0.348 e. The molecule has 110 valence electrons. The van der Waals surface area contributed by atoms with Crippen LogP contribution in [0.25, 0.3) is 0 Å². The first-order valence-corrected chi connectivity index (χ1v) is 8.48. The second kappa shape index (κ2) is 6.72. The third-order valence-corrected chi connectivity index (χ3v) is 5.23. The number of halogens is 1. The molecule has 0 aromatic carbocycles. The molecule has 3 atom stereocenters. The van der Waals surface area contributed by atoms with Crippen LogP contribution in [0.4, 0.5) is 10.2 Å². The predicted octanol–water partition coefficient (Wildman–Crippen LogP) is 1.88. The second-order valence-electron chi connectivity index (χ2n) is 5.54. The van der Waals surface area contributed by atoms with Gasteiger partial charge in [-0.15, -0.1) is 5.10 Å². The first-order chi connectivity index (χ1) is 9.83. The lowest BCUT2D eigenvalue weighted by Crippen LogP contribution is -2.43. The van der Waals surface area contributed by atoms with Crippen LogP contribution in [0.1, 0.15) is 19.3 Å². The van der Waals surface area contributed by atoms with Gasteiger partial charge in [0.2, 0.25) is 0 Å². The van der Waals surface area contributed by atoms with Crippen LogP contribution in [0, 0.1) is 0 Å². The molecule has 0 saturated carbocycles. The summed E-state index contributed by atoms with van der Waals surface area (Å²) in [5.74, 6) is 3.24. The standard InChI is InChI=1S/C14H21FN4S/c15-11-7-13(8-16-12-3-2-6-20-10-12)19(9-11)14-4-1-5-17-18-14/h1,4-5,11-13,16H,2-3,6-10H2/t11-,12-,13-/m0/s1. The van der Waals surface area contributed by atoms with Crippen LogP contribution in [0.15, 0.2) is 18.3 Å². The largest absolute Gasteiger partial charge is 0.348 e. The Hall–Kier alpha value is -0.880. The quantitative estimate of drug-likeness (QED) is 0.919. The molecule has 1 aromatic heterocycles. The lowest BCUT2D eigenvalue weighted by Gasteiger charge is -2.28. The first kappa shape index (κ1) is 14.1. The zero-order valence-corrected chi connectivity index (χ0v) is 12.4. The summed E-state index contributed by atoms with van der Waals surface area (Å²) in [5.41, 5.74) is 0. The maximum absolute atomic E-state index is 13.8. The molecule has 2 fully saturated rings. The molecule has 0 amide bonds.